The molecule has 0 radical (unpaired) electrons. The molecule has 6 heteroatoms. The van der Waals surface area contributed by atoms with Crippen molar-refractivity contribution in [3.05, 3.63) is 58.9 Å². The first kappa shape index (κ1) is 17.0. The average molecular weight is 316 g/mol. The Morgan fingerprint density at radius 1 is 1.22 bits per heavy atom. The number of rotatable bonds is 5. The summed E-state index contributed by atoms with van der Waals surface area (Å²) >= 11 is 0. The molecule has 0 bridgehead atoms. The molecule has 1 heterocycles. The van der Waals surface area contributed by atoms with Crippen molar-refractivity contribution in [2.24, 2.45) is 0 Å². The minimum Gasteiger partial charge on any atom is -0.347 e. The third-order valence-corrected chi connectivity index (χ3v) is 3.38. The molecule has 0 fully saturated rings. The second-order valence-corrected chi connectivity index (χ2v) is 5.71. The van der Waals surface area contributed by atoms with Gasteiger partial charge >= 0.3 is 0 Å². The second kappa shape index (κ2) is 7.28. The fraction of sp³-hybridized carbons (Fsp3) is 0.353. The fourth-order valence-electron chi connectivity index (χ4n) is 2.50. The van der Waals surface area contributed by atoms with Crippen molar-refractivity contribution in [2.45, 2.75) is 26.4 Å². The molecule has 1 N–H and O–H groups in total. The van der Waals surface area contributed by atoms with E-state index in [0.717, 1.165) is 11.4 Å². The van der Waals surface area contributed by atoms with Gasteiger partial charge in [0.25, 0.3) is 0 Å². The number of carbonyl (C=O) groups is 1. The number of aromatic nitrogens is 2. The maximum atomic E-state index is 13.4. The molecule has 0 unspecified atom stereocenters. The van der Waals surface area contributed by atoms with Crippen LogP contribution in [0.25, 0.3) is 0 Å². The van der Waals surface area contributed by atoms with Crippen LogP contribution < -0.4 is 5.32 Å². The minimum atomic E-state index is -0.573. The summed E-state index contributed by atoms with van der Waals surface area (Å²) in [5.74, 6) is -0.0178. The van der Waals surface area contributed by atoms with Crippen LogP contribution >= 0.6 is 0 Å². The number of aryl methyl sites for hydroxylation is 2. The van der Waals surface area contributed by atoms with Crippen molar-refractivity contribution in [1.29, 1.82) is 0 Å². The van der Waals surface area contributed by atoms with Crippen LogP contribution in [0.1, 0.15) is 28.8 Å². The molecule has 23 heavy (non-hydrogen) atoms. The van der Waals surface area contributed by atoms with E-state index in [9.17, 15) is 9.18 Å². The highest BCUT2D eigenvalue weighted by Crippen LogP contribution is 2.19. The summed E-state index contributed by atoms with van der Waals surface area (Å²) in [5, 5.41) is 2.82. The van der Waals surface area contributed by atoms with Gasteiger partial charge in [-0.15, -0.1) is 0 Å². The van der Waals surface area contributed by atoms with Gasteiger partial charge in [0, 0.05) is 11.4 Å². The van der Waals surface area contributed by atoms with E-state index in [4.69, 9.17) is 0 Å². The monoisotopic (exact) mass is 316 g/mol. The maximum absolute atomic E-state index is 13.4. The fourth-order valence-corrected chi connectivity index (χ4v) is 2.50. The van der Waals surface area contributed by atoms with E-state index < -0.39 is 6.04 Å². The highest BCUT2D eigenvalue weighted by atomic mass is 19.1. The van der Waals surface area contributed by atoms with Gasteiger partial charge in [-0.1, -0.05) is 12.1 Å². The Labute approximate surface area is 135 Å². The van der Waals surface area contributed by atoms with Crippen molar-refractivity contribution in [1.82, 2.24) is 20.2 Å². The Morgan fingerprint density at radius 3 is 2.43 bits per heavy atom. The Bertz CT molecular complexity index is 682. The predicted octanol–water partition coefficient (Wildman–Crippen LogP) is 2.15. The molecule has 122 valence electrons. The molecule has 1 aromatic heterocycles. The molecule has 2 rings (SSSR count). The van der Waals surface area contributed by atoms with Gasteiger partial charge in [0.05, 0.1) is 6.54 Å². The first-order chi connectivity index (χ1) is 10.9. The summed E-state index contributed by atoms with van der Waals surface area (Å²) in [6.07, 6.45) is 0. The molecular weight excluding hydrogens is 295 g/mol. The molecule has 0 aliphatic rings. The maximum Gasteiger partial charge on any atom is 0.242 e. The normalized spacial score (nSPS) is 12.3. The topological polar surface area (TPSA) is 58.1 Å². The molecule has 0 aliphatic heterocycles. The average Bonchev–Trinajstić information content (AvgIpc) is 2.44. The quantitative estimate of drug-likeness (QED) is 0.918. The number of halogens is 1. The second-order valence-electron chi connectivity index (χ2n) is 5.71. The zero-order chi connectivity index (χ0) is 17.0. The van der Waals surface area contributed by atoms with Crippen LogP contribution in [0.15, 0.2) is 30.3 Å². The van der Waals surface area contributed by atoms with E-state index in [1.807, 2.05) is 19.9 Å². The number of nitrogens with zero attached hydrogens (tertiary/aromatic N) is 3. The molecular formula is C17H21FN4O. The van der Waals surface area contributed by atoms with Gasteiger partial charge in [0.15, 0.2) is 0 Å². The van der Waals surface area contributed by atoms with Crippen molar-refractivity contribution in [3.63, 3.8) is 0 Å². The number of benzene rings is 1. The highest BCUT2D eigenvalue weighted by molar-refractivity contribution is 5.83. The van der Waals surface area contributed by atoms with E-state index in [2.05, 4.69) is 15.3 Å². The molecule has 5 nitrogen and oxygen atoms in total. The van der Waals surface area contributed by atoms with Gasteiger partial charge in [-0.2, -0.15) is 0 Å². The summed E-state index contributed by atoms with van der Waals surface area (Å²) in [7, 11) is 3.56. The predicted molar refractivity (Wildman–Crippen MR) is 86.2 cm³/mol. The van der Waals surface area contributed by atoms with Crippen molar-refractivity contribution in [3.8, 4) is 0 Å². The number of carbonyl (C=O) groups excluding carboxylic acids is 1. The van der Waals surface area contributed by atoms with Crippen LogP contribution in [-0.4, -0.2) is 34.9 Å². The van der Waals surface area contributed by atoms with Crippen molar-refractivity contribution >= 4 is 5.91 Å². The van der Waals surface area contributed by atoms with Gasteiger partial charge in [0.2, 0.25) is 5.91 Å². The Balaban J connectivity index is 2.13. The summed E-state index contributed by atoms with van der Waals surface area (Å²) in [6, 6.07) is 7.37. The Kier molecular flexibility index (Phi) is 5.39. The van der Waals surface area contributed by atoms with Crippen molar-refractivity contribution < 1.29 is 9.18 Å². The summed E-state index contributed by atoms with van der Waals surface area (Å²) in [5.41, 5.74) is 2.32. The number of amides is 1. The number of hydrogen-bond acceptors (Lipinski definition) is 4. The van der Waals surface area contributed by atoms with Crippen LogP contribution in [0, 0.1) is 19.7 Å². The van der Waals surface area contributed by atoms with E-state index in [1.165, 1.54) is 12.1 Å². The molecule has 0 saturated heterocycles. The zero-order valence-corrected chi connectivity index (χ0v) is 13.8. The third kappa shape index (κ3) is 4.56. The summed E-state index contributed by atoms with van der Waals surface area (Å²) in [4.78, 5) is 22.8. The van der Waals surface area contributed by atoms with Gasteiger partial charge < -0.3 is 5.32 Å². The van der Waals surface area contributed by atoms with E-state index in [0.29, 0.717) is 11.4 Å². The molecule has 2 aromatic rings. The summed E-state index contributed by atoms with van der Waals surface area (Å²) in [6.45, 7) is 4.01. The van der Waals surface area contributed by atoms with Gasteiger partial charge in [0.1, 0.15) is 17.7 Å². The first-order valence-corrected chi connectivity index (χ1v) is 7.37. The smallest absolute Gasteiger partial charge is 0.242 e. The molecule has 1 atom stereocenters. The summed E-state index contributed by atoms with van der Waals surface area (Å²) < 4.78 is 13.4. The van der Waals surface area contributed by atoms with Crippen LogP contribution in [0.5, 0.6) is 0 Å². The van der Waals surface area contributed by atoms with Crippen LogP contribution in [0.2, 0.25) is 0 Å². The minimum absolute atomic E-state index is 0.219. The number of hydrogen-bond donors (Lipinski definition) is 1. The molecule has 0 saturated carbocycles. The lowest BCUT2D eigenvalue weighted by Crippen LogP contribution is -2.37. The lowest BCUT2D eigenvalue weighted by molar-refractivity contribution is -0.126. The van der Waals surface area contributed by atoms with Crippen molar-refractivity contribution in [2.75, 3.05) is 14.1 Å². The number of likely N-dealkylation sites (N-methyl/N-ethyl adjacent to an activating group) is 1. The molecule has 0 spiro atoms. The largest absolute Gasteiger partial charge is 0.347 e. The van der Waals surface area contributed by atoms with Crippen LogP contribution in [0.4, 0.5) is 4.39 Å². The lowest BCUT2D eigenvalue weighted by atomic mass is 10.1. The van der Waals surface area contributed by atoms with Crippen LogP contribution in [0.3, 0.4) is 0 Å². The SMILES string of the molecule is Cc1cc(C)nc(CNC(=O)[C@H](c2cccc(F)c2)N(C)C)n1. The zero-order valence-electron chi connectivity index (χ0n) is 13.8. The lowest BCUT2D eigenvalue weighted by Gasteiger charge is -2.23. The van der Waals surface area contributed by atoms with E-state index in [1.54, 1.807) is 31.1 Å². The standard InChI is InChI=1S/C17H21FN4O/c1-11-8-12(2)21-15(20-11)10-19-17(23)16(22(3)4)13-6-5-7-14(18)9-13/h5-9,16H,10H2,1-4H3,(H,19,23)/t16-/m0/s1. The van der Waals surface area contributed by atoms with Crippen LogP contribution in [-0.2, 0) is 11.3 Å². The highest BCUT2D eigenvalue weighted by Gasteiger charge is 2.23. The van der Waals surface area contributed by atoms with Gasteiger partial charge in [-0.3, -0.25) is 9.69 Å². The van der Waals surface area contributed by atoms with E-state index >= 15 is 0 Å². The first-order valence-electron chi connectivity index (χ1n) is 7.37. The Morgan fingerprint density at radius 2 is 1.87 bits per heavy atom. The molecule has 1 amide bonds. The Hall–Kier alpha value is -2.34. The third-order valence-electron chi connectivity index (χ3n) is 3.38. The van der Waals surface area contributed by atoms with E-state index in [-0.39, 0.29) is 18.3 Å². The van der Waals surface area contributed by atoms with Gasteiger partial charge in [-0.05, 0) is 51.7 Å². The molecule has 0 aliphatic carbocycles. The number of nitrogens with one attached hydrogen (secondary N) is 1. The van der Waals surface area contributed by atoms with Gasteiger partial charge in [-0.25, -0.2) is 14.4 Å². The molecule has 1 aromatic carbocycles.